The van der Waals surface area contributed by atoms with Gasteiger partial charge in [-0.1, -0.05) is 12.2 Å². The number of alkyl halides is 1. The standard InChI is InChI=1S/C21H26FN10O8PS/c1-9(31-6-27-14-16(23)25-5-26-17(14)31)38-12-4-37-41(34,42)40-10-2-13(36-8-35-11(12)3-22)39-20(10)32-7-28-15-18(32)29-21(24)30-19(15)33/h5-7,9-13,20H,2-4,8H2,1H3,(H,34,42)(H2,23,25,26)(H3,24,29,30,33)/t9-,10+,11-,12?,13+,20?,41?/m1/s1. The fourth-order valence-electron chi connectivity index (χ4n) is 4.69. The highest BCUT2D eigenvalue weighted by Gasteiger charge is 2.44. The van der Waals surface area contributed by atoms with Crippen LogP contribution in [-0.2, 0) is 32.6 Å². The van der Waals surface area contributed by atoms with Crippen molar-refractivity contribution in [3.8, 4) is 0 Å². The summed E-state index contributed by atoms with van der Waals surface area (Å²) in [5.74, 6) is 0.0395. The van der Waals surface area contributed by atoms with Crippen molar-refractivity contribution in [2.24, 2.45) is 0 Å². The van der Waals surface area contributed by atoms with Crippen LogP contribution in [-0.4, -0.2) is 83.7 Å². The summed E-state index contributed by atoms with van der Waals surface area (Å²) in [6, 6.07) is 0. The molecule has 6 heterocycles. The zero-order chi connectivity index (χ0) is 29.6. The molecule has 2 saturated heterocycles. The van der Waals surface area contributed by atoms with Gasteiger partial charge in [-0.3, -0.25) is 28.0 Å². The number of ether oxygens (including phenoxy) is 4. The molecule has 21 heteroatoms. The second-order valence-corrected chi connectivity index (χ2v) is 12.3. The fourth-order valence-corrected chi connectivity index (χ4v) is 6.18. The van der Waals surface area contributed by atoms with Crippen LogP contribution in [0.4, 0.5) is 16.2 Å². The van der Waals surface area contributed by atoms with Crippen molar-refractivity contribution >= 4 is 53.1 Å². The number of aromatic nitrogens is 8. The molecule has 2 aliphatic rings. The summed E-state index contributed by atoms with van der Waals surface area (Å²) in [5, 5.41) is 0. The lowest BCUT2D eigenvalue weighted by atomic mass is 10.2. The molecule has 0 amide bonds. The number of nitrogens with two attached hydrogens (primary N) is 2. The van der Waals surface area contributed by atoms with Gasteiger partial charge in [0.25, 0.3) is 5.56 Å². The Morgan fingerprint density at radius 3 is 2.83 bits per heavy atom. The Kier molecular flexibility index (Phi) is 7.87. The summed E-state index contributed by atoms with van der Waals surface area (Å²) in [7, 11) is 0. The number of H-pyrrole nitrogens is 1. The van der Waals surface area contributed by atoms with Crippen LogP contribution in [0.25, 0.3) is 22.3 Å². The maximum absolute atomic E-state index is 14.2. The summed E-state index contributed by atoms with van der Waals surface area (Å²) >= 11 is 4.13. The highest BCUT2D eigenvalue weighted by molar-refractivity contribution is 8.44. The van der Waals surface area contributed by atoms with E-state index in [-0.39, 0.29) is 29.4 Å². The maximum Gasteiger partial charge on any atom is 0.386 e. The lowest BCUT2D eigenvalue weighted by molar-refractivity contribution is -0.227. The minimum atomic E-state index is -4.13. The zero-order valence-electron chi connectivity index (χ0n) is 21.8. The predicted octanol–water partition coefficient (Wildman–Crippen LogP) is 1.05. The molecule has 2 aliphatic heterocycles. The predicted molar refractivity (Wildman–Crippen MR) is 145 cm³/mol. The number of thiol groups is 1. The first kappa shape index (κ1) is 28.9. The molecule has 4 aromatic rings. The molecular formula is C21H26FN10O8PS. The van der Waals surface area contributed by atoms with Gasteiger partial charge in [-0.15, -0.1) is 0 Å². The number of nitrogen functional groups attached to an aromatic ring is 2. The number of nitrogens with zero attached hydrogens (tertiary/aromatic N) is 7. The van der Waals surface area contributed by atoms with E-state index in [4.69, 9.17) is 39.5 Å². The molecule has 0 aliphatic carbocycles. The third-order valence-corrected chi connectivity index (χ3v) is 8.32. The quantitative estimate of drug-likeness (QED) is 0.179. The van der Waals surface area contributed by atoms with Crippen molar-refractivity contribution in [1.82, 2.24) is 39.0 Å². The van der Waals surface area contributed by atoms with Crippen LogP contribution in [0.5, 0.6) is 0 Å². The molecule has 2 fully saturated rings. The van der Waals surface area contributed by atoms with Crippen molar-refractivity contribution in [2.45, 2.75) is 50.4 Å². The highest BCUT2D eigenvalue weighted by atomic mass is 32.7. The molecule has 0 aromatic carbocycles. The second-order valence-electron chi connectivity index (χ2n) is 9.38. The average molecular weight is 629 g/mol. The first-order chi connectivity index (χ1) is 20.1. The lowest BCUT2D eigenvalue weighted by Crippen LogP contribution is -2.39. The van der Waals surface area contributed by atoms with Crippen molar-refractivity contribution in [3.05, 3.63) is 29.3 Å². The molecule has 4 aromatic heterocycles. The number of hydrogen-bond donors (Lipinski definition) is 4. The van der Waals surface area contributed by atoms with Crippen LogP contribution in [0, 0.1) is 0 Å². The van der Waals surface area contributed by atoms with Crippen LogP contribution in [0.2, 0.25) is 0 Å². The van der Waals surface area contributed by atoms with E-state index in [1.54, 1.807) is 11.5 Å². The molecule has 0 radical (unpaired) electrons. The largest absolute Gasteiger partial charge is 0.386 e. The number of rotatable bonds is 5. The normalized spacial score (nSPS) is 29.8. The summed E-state index contributed by atoms with van der Waals surface area (Å²) < 4.78 is 65.3. The van der Waals surface area contributed by atoms with Gasteiger partial charge in [0, 0.05) is 6.42 Å². The molecule has 2 bridgehead atoms. The summed E-state index contributed by atoms with van der Waals surface area (Å²) in [6.45, 7) is -4.29. The molecule has 42 heavy (non-hydrogen) atoms. The summed E-state index contributed by atoms with van der Waals surface area (Å²) in [6.07, 6.45) is -1.95. The van der Waals surface area contributed by atoms with Gasteiger partial charge in [0.2, 0.25) is 5.95 Å². The Bertz CT molecular complexity index is 1700. The van der Waals surface area contributed by atoms with Crippen molar-refractivity contribution in [1.29, 1.82) is 0 Å². The number of halogens is 1. The Labute approximate surface area is 240 Å². The van der Waals surface area contributed by atoms with Gasteiger partial charge in [0.1, 0.15) is 43.1 Å². The van der Waals surface area contributed by atoms with Gasteiger partial charge in [0.05, 0.1) is 19.3 Å². The Morgan fingerprint density at radius 1 is 1.21 bits per heavy atom. The van der Waals surface area contributed by atoms with Crippen LogP contribution in [0.3, 0.4) is 0 Å². The van der Waals surface area contributed by atoms with E-state index in [2.05, 4.69) is 42.2 Å². The molecular weight excluding hydrogens is 602 g/mol. The van der Waals surface area contributed by atoms with Crippen LogP contribution >= 0.6 is 19.0 Å². The Morgan fingerprint density at radius 2 is 2.02 bits per heavy atom. The molecule has 5 N–H and O–H groups in total. The third-order valence-electron chi connectivity index (χ3n) is 6.68. The van der Waals surface area contributed by atoms with E-state index in [0.717, 1.165) is 0 Å². The van der Waals surface area contributed by atoms with Crippen LogP contribution in [0.1, 0.15) is 25.8 Å². The highest BCUT2D eigenvalue weighted by Crippen LogP contribution is 2.57. The molecule has 18 nitrogen and oxygen atoms in total. The number of aromatic amines is 1. The van der Waals surface area contributed by atoms with E-state index < -0.39 is 69.5 Å². The van der Waals surface area contributed by atoms with Crippen LogP contribution < -0.4 is 17.0 Å². The fraction of sp³-hybridized carbons (Fsp3) is 0.524. The average Bonchev–Trinajstić information content (AvgIpc) is 3.66. The third kappa shape index (κ3) is 5.59. The van der Waals surface area contributed by atoms with E-state index in [1.807, 2.05) is 0 Å². The van der Waals surface area contributed by atoms with Crippen LogP contribution in [0.15, 0.2) is 23.8 Å². The van der Waals surface area contributed by atoms with Gasteiger partial charge in [-0.05, 0) is 6.92 Å². The number of nitrogens with one attached hydrogen (secondary N) is 1. The molecule has 226 valence electrons. The molecule has 0 spiro atoms. The van der Waals surface area contributed by atoms with E-state index in [0.29, 0.717) is 11.2 Å². The van der Waals surface area contributed by atoms with Gasteiger partial charge in [0.15, 0.2) is 41.9 Å². The number of fused-ring (bicyclic) bond motifs is 4. The Hall–Kier alpha value is -3.23. The first-order valence-electron chi connectivity index (χ1n) is 12.5. The minimum absolute atomic E-state index is 0.00203. The van der Waals surface area contributed by atoms with E-state index in [1.165, 1.54) is 23.5 Å². The zero-order valence-corrected chi connectivity index (χ0v) is 23.6. The second kappa shape index (κ2) is 11.5. The monoisotopic (exact) mass is 628 g/mol. The lowest BCUT2D eigenvalue weighted by Gasteiger charge is -2.30. The number of anilines is 2. The van der Waals surface area contributed by atoms with Crippen molar-refractivity contribution < 1.29 is 37.0 Å². The first-order valence-corrected chi connectivity index (χ1v) is 15.2. The molecule has 0 saturated carbocycles. The molecule has 7 atom stereocenters. The SMILES string of the molecule is C[C@@H](OC1COP(=O)(S)O[C@H]2C[C@@H](OCO[C@@H]1CF)OC2n1cnc2c(=O)[nH]c(N)nc21)n1cnc2c(N)ncnc21. The summed E-state index contributed by atoms with van der Waals surface area (Å²) in [4.78, 5) is 35.1. The minimum Gasteiger partial charge on any atom is -0.382 e. The van der Waals surface area contributed by atoms with Crippen molar-refractivity contribution in [3.63, 3.8) is 0 Å². The number of imidazole rings is 2. The smallest absolute Gasteiger partial charge is 0.382 e. The van der Waals surface area contributed by atoms with Gasteiger partial charge < -0.3 is 30.4 Å². The molecule has 3 unspecified atom stereocenters. The van der Waals surface area contributed by atoms with Gasteiger partial charge in [-0.25, -0.2) is 28.9 Å². The topological polar surface area (TPSA) is 232 Å². The summed E-state index contributed by atoms with van der Waals surface area (Å²) in [5.41, 5.74) is 11.9. The molecule has 6 rings (SSSR count). The van der Waals surface area contributed by atoms with E-state index >= 15 is 0 Å². The van der Waals surface area contributed by atoms with Gasteiger partial charge in [-0.2, -0.15) is 4.98 Å². The number of hydrogen-bond acceptors (Lipinski definition) is 15. The van der Waals surface area contributed by atoms with Crippen molar-refractivity contribution in [2.75, 3.05) is 31.5 Å². The van der Waals surface area contributed by atoms with E-state index in [9.17, 15) is 13.8 Å². The van der Waals surface area contributed by atoms with Gasteiger partial charge >= 0.3 is 6.80 Å². The Balaban J connectivity index is 1.24. The maximum atomic E-state index is 14.2.